The SMILES string of the molecule is Nc1cccc(CCN2CCN3CCCC3C2)c1. The third kappa shape index (κ3) is 2.68. The molecule has 18 heavy (non-hydrogen) atoms. The van der Waals surface area contributed by atoms with Crippen LogP contribution in [0.15, 0.2) is 24.3 Å². The van der Waals surface area contributed by atoms with Crippen molar-refractivity contribution in [3.8, 4) is 0 Å². The van der Waals surface area contributed by atoms with E-state index in [1.807, 2.05) is 6.07 Å². The third-order valence-corrected chi connectivity index (χ3v) is 4.34. The van der Waals surface area contributed by atoms with Gasteiger partial charge in [-0.05, 0) is 43.5 Å². The van der Waals surface area contributed by atoms with Gasteiger partial charge in [-0.2, -0.15) is 0 Å². The van der Waals surface area contributed by atoms with E-state index in [9.17, 15) is 0 Å². The highest BCUT2D eigenvalue weighted by Gasteiger charge is 2.29. The molecule has 3 nitrogen and oxygen atoms in total. The summed E-state index contributed by atoms with van der Waals surface area (Å²) in [6, 6.07) is 9.13. The van der Waals surface area contributed by atoms with Crippen LogP contribution in [0.3, 0.4) is 0 Å². The molecule has 2 fully saturated rings. The summed E-state index contributed by atoms with van der Waals surface area (Å²) in [5.41, 5.74) is 8.06. The smallest absolute Gasteiger partial charge is 0.0316 e. The Labute approximate surface area is 110 Å². The number of hydrogen-bond donors (Lipinski definition) is 1. The molecule has 0 bridgehead atoms. The summed E-state index contributed by atoms with van der Waals surface area (Å²) in [4.78, 5) is 5.28. The third-order valence-electron chi connectivity index (χ3n) is 4.34. The fourth-order valence-electron chi connectivity index (χ4n) is 3.29. The maximum atomic E-state index is 5.82. The van der Waals surface area contributed by atoms with E-state index in [2.05, 4.69) is 28.0 Å². The number of rotatable bonds is 3. The Morgan fingerprint density at radius 3 is 3.06 bits per heavy atom. The average Bonchev–Trinajstić information content (AvgIpc) is 2.84. The minimum atomic E-state index is 0.833. The van der Waals surface area contributed by atoms with Gasteiger partial charge in [-0.1, -0.05) is 12.1 Å². The zero-order chi connectivity index (χ0) is 12.4. The lowest BCUT2D eigenvalue weighted by Crippen LogP contribution is -2.50. The average molecular weight is 245 g/mol. The van der Waals surface area contributed by atoms with Crippen LogP contribution in [0.5, 0.6) is 0 Å². The highest BCUT2D eigenvalue weighted by Crippen LogP contribution is 2.21. The highest BCUT2D eigenvalue weighted by atomic mass is 15.3. The quantitative estimate of drug-likeness (QED) is 0.821. The van der Waals surface area contributed by atoms with Crippen molar-refractivity contribution in [2.75, 3.05) is 38.5 Å². The van der Waals surface area contributed by atoms with Crippen molar-refractivity contribution in [1.29, 1.82) is 0 Å². The fourth-order valence-corrected chi connectivity index (χ4v) is 3.29. The van der Waals surface area contributed by atoms with Gasteiger partial charge in [0.2, 0.25) is 0 Å². The topological polar surface area (TPSA) is 32.5 Å². The Kier molecular flexibility index (Phi) is 3.52. The van der Waals surface area contributed by atoms with Gasteiger partial charge < -0.3 is 10.6 Å². The first-order valence-corrected chi connectivity index (χ1v) is 7.12. The molecule has 1 aromatic rings. The highest BCUT2D eigenvalue weighted by molar-refractivity contribution is 5.40. The van der Waals surface area contributed by atoms with Crippen LogP contribution in [0.25, 0.3) is 0 Å². The van der Waals surface area contributed by atoms with Crippen LogP contribution in [0.2, 0.25) is 0 Å². The van der Waals surface area contributed by atoms with E-state index >= 15 is 0 Å². The van der Waals surface area contributed by atoms with Gasteiger partial charge in [-0.3, -0.25) is 4.90 Å². The monoisotopic (exact) mass is 245 g/mol. The molecule has 98 valence electrons. The summed E-state index contributed by atoms with van der Waals surface area (Å²) in [6.07, 6.45) is 3.92. The predicted molar refractivity (Wildman–Crippen MR) is 75.6 cm³/mol. The van der Waals surface area contributed by atoms with Crippen LogP contribution >= 0.6 is 0 Å². The van der Waals surface area contributed by atoms with Crippen LogP contribution in [0.1, 0.15) is 18.4 Å². The maximum absolute atomic E-state index is 5.82. The molecule has 3 heteroatoms. The van der Waals surface area contributed by atoms with E-state index in [-0.39, 0.29) is 0 Å². The number of nitrogens with two attached hydrogens (primary N) is 1. The lowest BCUT2D eigenvalue weighted by molar-refractivity contribution is 0.105. The Balaban J connectivity index is 1.51. The zero-order valence-electron chi connectivity index (χ0n) is 11.0. The van der Waals surface area contributed by atoms with E-state index in [4.69, 9.17) is 5.73 Å². The first-order chi connectivity index (χ1) is 8.81. The van der Waals surface area contributed by atoms with Crippen molar-refractivity contribution in [1.82, 2.24) is 9.80 Å². The Morgan fingerprint density at radius 2 is 2.17 bits per heavy atom. The summed E-state index contributed by atoms with van der Waals surface area (Å²) in [6.45, 7) is 6.27. The zero-order valence-corrected chi connectivity index (χ0v) is 11.0. The van der Waals surface area contributed by atoms with E-state index in [1.54, 1.807) is 0 Å². The Morgan fingerprint density at radius 1 is 1.22 bits per heavy atom. The molecule has 0 amide bonds. The molecule has 2 heterocycles. The normalized spacial score (nSPS) is 25.2. The lowest BCUT2D eigenvalue weighted by atomic mass is 10.1. The first kappa shape index (κ1) is 12.0. The Hall–Kier alpha value is -1.06. The van der Waals surface area contributed by atoms with Gasteiger partial charge in [0, 0.05) is 37.9 Å². The van der Waals surface area contributed by atoms with Crippen LogP contribution < -0.4 is 5.73 Å². The minimum Gasteiger partial charge on any atom is -0.399 e. The summed E-state index contributed by atoms with van der Waals surface area (Å²) >= 11 is 0. The van der Waals surface area contributed by atoms with Crippen molar-refractivity contribution < 1.29 is 0 Å². The molecule has 0 aliphatic carbocycles. The molecule has 0 radical (unpaired) electrons. The molecule has 1 aromatic carbocycles. The van der Waals surface area contributed by atoms with Gasteiger partial charge >= 0.3 is 0 Å². The van der Waals surface area contributed by atoms with Gasteiger partial charge in [0.15, 0.2) is 0 Å². The van der Waals surface area contributed by atoms with Crippen LogP contribution in [-0.4, -0.2) is 48.6 Å². The van der Waals surface area contributed by atoms with Crippen molar-refractivity contribution in [2.45, 2.75) is 25.3 Å². The summed E-state index contributed by atoms with van der Waals surface area (Å²) in [5.74, 6) is 0. The number of piperazine rings is 1. The van der Waals surface area contributed by atoms with E-state index < -0.39 is 0 Å². The molecule has 2 saturated heterocycles. The number of fused-ring (bicyclic) bond motifs is 1. The van der Waals surface area contributed by atoms with Crippen molar-refractivity contribution >= 4 is 5.69 Å². The number of anilines is 1. The molecule has 0 spiro atoms. The molecule has 2 N–H and O–H groups in total. The molecule has 2 aliphatic heterocycles. The number of nitrogens with zero attached hydrogens (tertiary/aromatic N) is 2. The van der Waals surface area contributed by atoms with E-state index in [1.165, 1.54) is 51.1 Å². The molecular formula is C15H23N3. The summed E-state index contributed by atoms with van der Waals surface area (Å²) < 4.78 is 0. The summed E-state index contributed by atoms with van der Waals surface area (Å²) in [7, 11) is 0. The van der Waals surface area contributed by atoms with Gasteiger partial charge in [0.1, 0.15) is 0 Å². The fraction of sp³-hybridized carbons (Fsp3) is 0.600. The Bertz CT molecular complexity index is 404. The van der Waals surface area contributed by atoms with E-state index in [0.29, 0.717) is 0 Å². The molecule has 2 aliphatic rings. The van der Waals surface area contributed by atoms with Crippen LogP contribution in [0.4, 0.5) is 5.69 Å². The largest absolute Gasteiger partial charge is 0.399 e. The summed E-state index contributed by atoms with van der Waals surface area (Å²) in [5, 5.41) is 0. The van der Waals surface area contributed by atoms with Gasteiger partial charge in [-0.25, -0.2) is 0 Å². The molecule has 0 aromatic heterocycles. The minimum absolute atomic E-state index is 0.833. The molecule has 3 rings (SSSR count). The number of nitrogen functional groups attached to an aromatic ring is 1. The van der Waals surface area contributed by atoms with Crippen molar-refractivity contribution in [2.24, 2.45) is 0 Å². The molecule has 0 saturated carbocycles. The van der Waals surface area contributed by atoms with Crippen LogP contribution in [-0.2, 0) is 6.42 Å². The maximum Gasteiger partial charge on any atom is 0.0316 e. The van der Waals surface area contributed by atoms with E-state index in [0.717, 1.165) is 18.2 Å². The first-order valence-electron chi connectivity index (χ1n) is 7.12. The van der Waals surface area contributed by atoms with Gasteiger partial charge in [-0.15, -0.1) is 0 Å². The lowest BCUT2D eigenvalue weighted by Gasteiger charge is -2.37. The number of hydrogen-bond acceptors (Lipinski definition) is 3. The second-order valence-corrected chi connectivity index (χ2v) is 5.63. The second kappa shape index (κ2) is 5.29. The molecule has 1 unspecified atom stereocenters. The predicted octanol–water partition coefficient (Wildman–Crippen LogP) is 1.59. The van der Waals surface area contributed by atoms with Gasteiger partial charge in [0.05, 0.1) is 0 Å². The van der Waals surface area contributed by atoms with Crippen molar-refractivity contribution in [3.05, 3.63) is 29.8 Å². The standard InChI is InChI=1S/C15H23N3/c16-14-4-1-3-13(11-14)6-8-17-9-10-18-7-2-5-15(18)12-17/h1,3-4,11,15H,2,5-10,12,16H2. The van der Waals surface area contributed by atoms with Crippen LogP contribution in [0, 0.1) is 0 Å². The molecule has 1 atom stereocenters. The second-order valence-electron chi connectivity index (χ2n) is 5.63. The molecular weight excluding hydrogens is 222 g/mol. The number of benzene rings is 1. The van der Waals surface area contributed by atoms with Crippen molar-refractivity contribution in [3.63, 3.8) is 0 Å². The van der Waals surface area contributed by atoms with Gasteiger partial charge in [0.25, 0.3) is 0 Å².